The lowest BCUT2D eigenvalue weighted by Crippen LogP contribution is -2.30. The van der Waals surface area contributed by atoms with E-state index in [2.05, 4.69) is 20.9 Å². The van der Waals surface area contributed by atoms with E-state index in [-0.39, 0.29) is 28.9 Å². The molecule has 0 bridgehead atoms. The minimum absolute atomic E-state index is 0.131. The average Bonchev–Trinajstić information content (AvgIpc) is 3.85. The van der Waals surface area contributed by atoms with Crippen molar-refractivity contribution in [3.05, 3.63) is 81.7 Å². The first-order valence-corrected chi connectivity index (χ1v) is 13.4. The van der Waals surface area contributed by atoms with Crippen molar-refractivity contribution >= 4 is 11.7 Å². The van der Waals surface area contributed by atoms with E-state index in [1.807, 2.05) is 24.3 Å². The molecule has 0 radical (unpaired) electrons. The molecular formula is C29H34FN5O4. The summed E-state index contributed by atoms with van der Waals surface area (Å²) in [7, 11) is 0. The maximum Gasteiger partial charge on any atom is 0.297 e. The van der Waals surface area contributed by atoms with Crippen molar-refractivity contribution in [2.75, 3.05) is 25.0 Å². The van der Waals surface area contributed by atoms with Crippen LogP contribution in [0.1, 0.15) is 54.1 Å². The molecule has 2 saturated carbocycles. The van der Waals surface area contributed by atoms with E-state index in [1.54, 1.807) is 19.9 Å². The molecule has 1 atom stereocenters. The van der Waals surface area contributed by atoms with Crippen molar-refractivity contribution < 1.29 is 19.0 Å². The summed E-state index contributed by atoms with van der Waals surface area (Å²) in [6.45, 7) is 4.79. The largest absolute Gasteiger partial charge is 0.492 e. The molecule has 2 fully saturated rings. The number of rotatable bonds is 12. The summed E-state index contributed by atoms with van der Waals surface area (Å²) in [4.78, 5) is 30.5. The molecule has 1 heterocycles. The van der Waals surface area contributed by atoms with Gasteiger partial charge in [0.05, 0.1) is 17.3 Å². The normalized spacial score (nSPS) is 16.4. The number of aromatic nitrogens is 2. The average molecular weight is 536 g/mol. The van der Waals surface area contributed by atoms with Gasteiger partial charge in [0.2, 0.25) is 0 Å². The van der Waals surface area contributed by atoms with Gasteiger partial charge in [0.15, 0.2) is 5.82 Å². The summed E-state index contributed by atoms with van der Waals surface area (Å²) in [6, 6.07) is 10.6. The summed E-state index contributed by atoms with van der Waals surface area (Å²) >= 11 is 0. The number of carbonyl (C=O) groups is 1. The van der Waals surface area contributed by atoms with E-state index >= 15 is 0 Å². The van der Waals surface area contributed by atoms with Crippen molar-refractivity contribution in [1.29, 1.82) is 0 Å². The van der Waals surface area contributed by atoms with E-state index in [0.29, 0.717) is 31.1 Å². The van der Waals surface area contributed by atoms with Gasteiger partial charge in [0, 0.05) is 48.2 Å². The van der Waals surface area contributed by atoms with Crippen LogP contribution in [0.25, 0.3) is 5.69 Å². The van der Waals surface area contributed by atoms with E-state index < -0.39 is 23.0 Å². The second-order valence-electron chi connectivity index (χ2n) is 10.4. The van der Waals surface area contributed by atoms with Gasteiger partial charge in [-0.15, -0.1) is 0 Å². The molecule has 3 aromatic rings. The van der Waals surface area contributed by atoms with Crippen LogP contribution in [-0.4, -0.2) is 52.4 Å². The van der Waals surface area contributed by atoms with Gasteiger partial charge in [-0.3, -0.25) is 14.2 Å². The summed E-state index contributed by atoms with van der Waals surface area (Å²) in [6.07, 6.45) is 5.95. The molecule has 1 amide bonds. The summed E-state index contributed by atoms with van der Waals surface area (Å²) in [5.74, 6) is -0.0620. The Kier molecular flexibility index (Phi) is 7.67. The zero-order valence-corrected chi connectivity index (χ0v) is 22.2. The minimum atomic E-state index is -0.556. The third-order valence-electron chi connectivity index (χ3n) is 7.08. The fraction of sp³-hybridized carbons (Fsp3) is 0.414. The second kappa shape index (κ2) is 11.2. The zero-order valence-electron chi connectivity index (χ0n) is 22.2. The number of para-hydroxylation sites is 1. The van der Waals surface area contributed by atoms with Gasteiger partial charge in [0.25, 0.3) is 11.5 Å². The molecule has 2 aromatic carbocycles. The Morgan fingerprint density at radius 3 is 2.77 bits per heavy atom. The van der Waals surface area contributed by atoms with E-state index in [9.17, 15) is 19.1 Å². The highest BCUT2D eigenvalue weighted by Gasteiger charge is 2.47. The number of hydrogen-bond donors (Lipinski definition) is 4. The molecule has 4 N–H and O–H groups in total. The molecule has 0 saturated heterocycles. The molecule has 2 aliphatic rings. The van der Waals surface area contributed by atoms with E-state index in [0.717, 1.165) is 31.2 Å². The predicted octanol–water partition coefficient (Wildman–Crippen LogP) is 3.02. The van der Waals surface area contributed by atoms with E-state index in [4.69, 9.17) is 4.74 Å². The van der Waals surface area contributed by atoms with Crippen LogP contribution in [0.5, 0.6) is 5.75 Å². The van der Waals surface area contributed by atoms with Crippen LogP contribution in [0.2, 0.25) is 0 Å². The van der Waals surface area contributed by atoms with Crippen molar-refractivity contribution in [2.24, 2.45) is 0 Å². The fourth-order valence-electron chi connectivity index (χ4n) is 4.57. The summed E-state index contributed by atoms with van der Waals surface area (Å²) < 4.78 is 22.2. The maximum absolute atomic E-state index is 14.9. The number of aliphatic hydroxyl groups excluding tert-OH is 1. The Bertz CT molecular complexity index is 1420. The maximum atomic E-state index is 14.9. The number of amides is 1. The van der Waals surface area contributed by atoms with Crippen LogP contribution in [-0.2, 0) is 5.54 Å². The molecule has 5 rings (SSSR count). The number of aliphatic hydroxyl groups is 1. The molecule has 0 aliphatic heterocycles. The Balaban J connectivity index is 1.38. The lowest BCUT2D eigenvalue weighted by molar-refractivity contribution is 0.0950. The predicted molar refractivity (Wildman–Crippen MR) is 146 cm³/mol. The van der Waals surface area contributed by atoms with Crippen LogP contribution < -0.4 is 26.2 Å². The molecule has 0 unspecified atom stereocenters. The van der Waals surface area contributed by atoms with Crippen molar-refractivity contribution in [3.8, 4) is 11.4 Å². The van der Waals surface area contributed by atoms with Crippen molar-refractivity contribution in [3.63, 3.8) is 0 Å². The van der Waals surface area contributed by atoms with Gasteiger partial charge in [0.1, 0.15) is 18.2 Å². The Labute approximate surface area is 226 Å². The SMILES string of the molecule is Cc1c(F)cc(C(=O)NC2CC2)cc1-n1ccnc(NC2(c3ccccc3OCCNC[C@@H](C)O)CC2)c1=O. The van der Waals surface area contributed by atoms with Crippen LogP contribution in [0.3, 0.4) is 0 Å². The minimum Gasteiger partial charge on any atom is -0.492 e. The Morgan fingerprint density at radius 1 is 1.28 bits per heavy atom. The number of carbonyl (C=O) groups excluding carboxylic acids is 1. The van der Waals surface area contributed by atoms with Gasteiger partial charge in [-0.25, -0.2) is 9.37 Å². The molecule has 2 aliphatic carbocycles. The smallest absolute Gasteiger partial charge is 0.297 e. The first-order valence-electron chi connectivity index (χ1n) is 13.4. The standard InChI is InChI=1S/C29H34FN5O4/c1-18(36)17-31-12-14-39-25-6-4-3-5-22(25)29(9-10-29)34-26-28(38)35(13-11-32-26)24-16-20(15-23(30)19(24)2)27(37)33-21-7-8-21/h3-6,11,13,15-16,18,21,31,36H,7-10,12,14,17H2,1-2H3,(H,32,34)(H,33,37)/t18-/m1/s1. The molecule has 10 heteroatoms. The summed E-state index contributed by atoms with van der Waals surface area (Å²) in [5.41, 5.74) is 0.711. The molecule has 39 heavy (non-hydrogen) atoms. The van der Waals surface area contributed by atoms with E-state index in [1.165, 1.54) is 23.0 Å². The molecule has 1 aromatic heterocycles. The highest BCUT2D eigenvalue weighted by Crippen LogP contribution is 2.50. The van der Waals surface area contributed by atoms with Gasteiger partial charge in [-0.05, 0) is 57.7 Å². The third kappa shape index (κ3) is 6.12. The Hall–Kier alpha value is -3.76. The lowest BCUT2D eigenvalue weighted by atomic mass is 10.0. The molecule has 9 nitrogen and oxygen atoms in total. The molecule has 206 valence electrons. The number of benzene rings is 2. The van der Waals surface area contributed by atoms with Gasteiger partial charge < -0.3 is 25.8 Å². The van der Waals surface area contributed by atoms with Gasteiger partial charge >= 0.3 is 0 Å². The third-order valence-corrected chi connectivity index (χ3v) is 7.08. The topological polar surface area (TPSA) is 118 Å². The molecule has 0 spiro atoms. The van der Waals surface area contributed by atoms with Crippen LogP contribution in [0, 0.1) is 12.7 Å². The lowest BCUT2D eigenvalue weighted by Gasteiger charge is -2.22. The molecular weight excluding hydrogens is 501 g/mol. The van der Waals surface area contributed by atoms with Gasteiger partial charge in [-0.2, -0.15) is 0 Å². The number of nitrogens with one attached hydrogen (secondary N) is 3. The fourth-order valence-corrected chi connectivity index (χ4v) is 4.57. The first kappa shape index (κ1) is 26.8. The highest BCUT2D eigenvalue weighted by atomic mass is 19.1. The van der Waals surface area contributed by atoms with Crippen LogP contribution in [0.15, 0.2) is 53.6 Å². The van der Waals surface area contributed by atoms with Crippen molar-refractivity contribution in [2.45, 2.75) is 57.2 Å². The first-order chi connectivity index (χ1) is 18.8. The van der Waals surface area contributed by atoms with Crippen molar-refractivity contribution in [1.82, 2.24) is 20.2 Å². The zero-order chi connectivity index (χ0) is 27.6. The monoisotopic (exact) mass is 535 g/mol. The number of nitrogens with zero attached hydrogens (tertiary/aromatic N) is 2. The quantitative estimate of drug-likeness (QED) is 0.264. The van der Waals surface area contributed by atoms with Crippen LogP contribution in [0.4, 0.5) is 10.2 Å². The number of hydrogen-bond acceptors (Lipinski definition) is 7. The van der Waals surface area contributed by atoms with Gasteiger partial charge in [-0.1, -0.05) is 18.2 Å². The Morgan fingerprint density at radius 2 is 2.05 bits per heavy atom. The summed E-state index contributed by atoms with van der Waals surface area (Å²) in [5, 5.41) is 18.7. The highest BCUT2D eigenvalue weighted by molar-refractivity contribution is 5.95. The second-order valence-corrected chi connectivity index (χ2v) is 10.4. The number of ether oxygens (including phenoxy) is 1. The van der Waals surface area contributed by atoms with Crippen LogP contribution >= 0.6 is 0 Å². The number of halogens is 1. The number of anilines is 1.